The quantitative estimate of drug-likeness (QED) is 0.754. The van der Waals surface area contributed by atoms with E-state index in [2.05, 4.69) is 0 Å². The van der Waals surface area contributed by atoms with Crippen molar-refractivity contribution in [2.45, 2.75) is 18.9 Å². The SMILES string of the molecule is COC(=O)[C@@]12CC(=O)O[C@@H]1c1cc(OC)ccc1C2. The largest absolute Gasteiger partial charge is 0.497 e. The standard InChI is InChI=1S/C14H14O5/c1-17-9-4-3-8-6-14(13(16)18-2)7-11(15)19-12(14)10(8)5-9/h3-5,12H,6-7H2,1-2H3/t12-,14+/m1/s1. The van der Waals surface area contributed by atoms with E-state index in [4.69, 9.17) is 14.2 Å². The monoisotopic (exact) mass is 262 g/mol. The minimum Gasteiger partial charge on any atom is -0.497 e. The second-order valence-corrected chi connectivity index (χ2v) is 4.94. The van der Waals surface area contributed by atoms with Crippen LogP contribution in [0, 0.1) is 5.41 Å². The van der Waals surface area contributed by atoms with Gasteiger partial charge in [0.05, 0.1) is 20.6 Å². The summed E-state index contributed by atoms with van der Waals surface area (Å²) < 4.78 is 15.4. The van der Waals surface area contributed by atoms with Crippen LogP contribution in [0.15, 0.2) is 18.2 Å². The minimum absolute atomic E-state index is 0.0708. The Morgan fingerprint density at radius 2 is 2.16 bits per heavy atom. The van der Waals surface area contributed by atoms with Crippen LogP contribution in [0.2, 0.25) is 0 Å². The lowest BCUT2D eigenvalue weighted by Gasteiger charge is -2.22. The molecular weight excluding hydrogens is 248 g/mol. The number of benzene rings is 1. The molecule has 2 atom stereocenters. The smallest absolute Gasteiger partial charge is 0.316 e. The Kier molecular flexibility index (Phi) is 2.52. The maximum atomic E-state index is 12.1. The van der Waals surface area contributed by atoms with Crippen LogP contribution >= 0.6 is 0 Å². The molecule has 5 nitrogen and oxygen atoms in total. The van der Waals surface area contributed by atoms with Crippen molar-refractivity contribution in [2.75, 3.05) is 14.2 Å². The highest BCUT2D eigenvalue weighted by molar-refractivity contribution is 5.89. The molecule has 0 spiro atoms. The first-order valence-corrected chi connectivity index (χ1v) is 6.05. The molecule has 3 rings (SSSR count). The van der Waals surface area contributed by atoms with E-state index in [1.165, 1.54) is 7.11 Å². The Morgan fingerprint density at radius 1 is 1.37 bits per heavy atom. The number of hydrogen-bond acceptors (Lipinski definition) is 5. The van der Waals surface area contributed by atoms with Crippen LogP contribution < -0.4 is 4.74 Å². The highest BCUT2D eigenvalue weighted by Crippen LogP contribution is 2.55. The third kappa shape index (κ3) is 1.54. The van der Waals surface area contributed by atoms with Crippen LogP contribution in [-0.4, -0.2) is 26.2 Å². The van der Waals surface area contributed by atoms with Gasteiger partial charge in [-0.1, -0.05) is 6.07 Å². The van der Waals surface area contributed by atoms with Crippen LogP contribution in [0.4, 0.5) is 0 Å². The zero-order valence-electron chi connectivity index (χ0n) is 10.8. The number of carbonyl (C=O) groups excluding carboxylic acids is 2. The van der Waals surface area contributed by atoms with E-state index < -0.39 is 17.5 Å². The molecular formula is C14H14O5. The molecule has 0 saturated carbocycles. The zero-order chi connectivity index (χ0) is 13.6. The highest BCUT2D eigenvalue weighted by Gasteiger charge is 2.60. The molecule has 0 bridgehead atoms. The van der Waals surface area contributed by atoms with Gasteiger partial charge in [-0.25, -0.2) is 0 Å². The summed E-state index contributed by atoms with van der Waals surface area (Å²) in [7, 11) is 2.91. The van der Waals surface area contributed by atoms with Gasteiger partial charge in [0.1, 0.15) is 17.3 Å². The van der Waals surface area contributed by atoms with Gasteiger partial charge in [0.15, 0.2) is 0 Å². The molecule has 0 N–H and O–H groups in total. The highest BCUT2D eigenvalue weighted by atomic mass is 16.6. The van der Waals surface area contributed by atoms with Gasteiger partial charge in [-0.2, -0.15) is 0 Å². The third-order valence-corrected chi connectivity index (χ3v) is 3.94. The molecule has 5 heteroatoms. The van der Waals surface area contributed by atoms with Gasteiger partial charge in [-0.3, -0.25) is 9.59 Å². The van der Waals surface area contributed by atoms with Gasteiger partial charge in [0.2, 0.25) is 0 Å². The van der Waals surface area contributed by atoms with E-state index in [1.807, 2.05) is 18.2 Å². The number of hydrogen-bond donors (Lipinski definition) is 0. The van der Waals surface area contributed by atoms with Crippen LogP contribution in [0.25, 0.3) is 0 Å². The van der Waals surface area contributed by atoms with E-state index in [-0.39, 0.29) is 12.4 Å². The molecule has 0 radical (unpaired) electrons. The van der Waals surface area contributed by atoms with Gasteiger partial charge in [0, 0.05) is 5.56 Å². The van der Waals surface area contributed by atoms with Crippen molar-refractivity contribution in [3.63, 3.8) is 0 Å². The maximum Gasteiger partial charge on any atom is 0.316 e. The number of esters is 2. The zero-order valence-corrected chi connectivity index (χ0v) is 10.8. The van der Waals surface area contributed by atoms with Crippen molar-refractivity contribution >= 4 is 11.9 Å². The van der Waals surface area contributed by atoms with Crippen molar-refractivity contribution in [3.8, 4) is 5.75 Å². The summed E-state index contributed by atoms with van der Waals surface area (Å²) in [6.07, 6.45) is -0.0194. The van der Waals surface area contributed by atoms with Gasteiger partial charge in [-0.05, 0) is 24.1 Å². The summed E-state index contributed by atoms with van der Waals surface area (Å²) in [6, 6.07) is 5.57. The molecule has 1 saturated heterocycles. The molecule has 1 aromatic carbocycles. The summed E-state index contributed by atoms with van der Waals surface area (Å²) in [6.45, 7) is 0. The third-order valence-electron chi connectivity index (χ3n) is 3.94. The van der Waals surface area contributed by atoms with Crippen LogP contribution in [-0.2, 0) is 25.5 Å². The Hall–Kier alpha value is -2.04. The average molecular weight is 262 g/mol. The van der Waals surface area contributed by atoms with Gasteiger partial charge in [0.25, 0.3) is 0 Å². The Balaban J connectivity index is 2.09. The van der Waals surface area contributed by atoms with Crippen molar-refractivity contribution in [1.82, 2.24) is 0 Å². The topological polar surface area (TPSA) is 61.8 Å². The average Bonchev–Trinajstić information content (AvgIpc) is 2.89. The fourth-order valence-corrected chi connectivity index (χ4v) is 3.05. The summed E-state index contributed by atoms with van der Waals surface area (Å²) in [5.41, 5.74) is 0.944. The number of methoxy groups -OCH3 is 2. The van der Waals surface area contributed by atoms with E-state index >= 15 is 0 Å². The molecule has 0 aromatic heterocycles. The second-order valence-electron chi connectivity index (χ2n) is 4.94. The van der Waals surface area contributed by atoms with Crippen LogP contribution in [0.5, 0.6) is 5.75 Å². The summed E-state index contributed by atoms with van der Waals surface area (Å²) in [4.78, 5) is 23.7. The summed E-state index contributed by atoms with van der Waals surface area (Å²) in [5.74, 6) is -0.0650. The first-order chi connectivity index (χ1) is 9.10. The van der Waals surface area contributed by atoms with E-state index in [0.29, 0.717) is 12.2 Å². The molecule has 100 valence electrons. The lowest BCUT2D eigenvalue weighted by atomic mass is 9.81. The Bertz CT molecular complexity index is 565. The molecule has 1 aliphatic heterocycles. The van der Waals surface area contributed by atoms with Crippen LogP contribution in [0.1, 0.15) is 23.7 Å². The maximum absolute atomic E-state index is 12.1. The first kappa shape index (κ1) is 12.0. The molecule has 2 aliphatic rings. The molecule has 1 fully saturated rings. The Morgan fingerprint density at radius 3 is 2.84 bits per heavy atom. The molecule has 1 aliphatic carbocycles. The minimum atomic E-state index is -0.902. The van der Waals surface area contributed by atoms with Crippen LogP contribution in [0.3, 0.4) is 0 Å². The number of fused-ring (bicyclic) bond motifs is 3. The van der Waals surface area contributed by atoms with Crippen molar-refractivity contribution in [1.29, 1.82) is 0 Å². The lowest BCUT2D eigenvalue weighted by molar-refractivity contribution is -0.155. The van der Waals surface area contributed by atoms with E-state index in [0.717, 1.165) is 11.1 Å². The summed E-state index contributed by atoms with van der Waals surface area (Å²) in [5, 5.41) is 0. The first-order valence-electron chi connectivity index (χ1n) is 6.05. The Labute approximate surface area is 110 Å². The van der Waals surface area contributed by atoms with E-state index in [9.17, 15) is 9.59 Å². The number of carbonyl (C=O) groups is 2. The predicted molar refractivity (Wildman–Crippen MR) is 64.6 cm³/mol. The lowest BCUT2D eigenvalue weighted by Crippen LogP contribution is -2.33. The van der Waals surface area contributed by atoms with Gasteiger partial charge in [-0.15, -0.1) is 0 Å². The molecule has 19 heavy (non-hydrogen) atoms. The van der Waals surface area contributed by atoms with Gasteiger partial charge < -0.3 is 14.2 Å². The van der Waals surface area contributed by atoms with Gasteiger partial charge >= 0.3 is 11.9 Å². The normalized spacial score (nSPS) is 27.5. The predicted octanol–water partition coefficient (Wildman–Crippen LogP) is 1.40. The fraction of sp³-hybridized carbons (Fsp3) is 0.429. The van der Waals surface area contributed by atoms with Crippen molar-refractivity contribution in [2.24, 2.45) is 5.41 Å². The number of rotatable bonds is 2. The number of ether oxygens (including phenoxy) is 3. The molecule has 1 heterocycles. The van der Waals surface area contributed by atoms with Crippen molar-refractivity contribution < 1.29 is 23.8 Å². The van der Waals surface area contributed by atoms with E-state index in [1.54, 1.807) is 7.11 Å². The van der Waals surface area contributed by atoms with Crippen molar-refractivity contribution in [3.05, 3.63) is 29.3 Å². The fourth-order valence-electron chi connectivity index (χ4n) is 3.05. The molecule has 1 aromatic rings. The summed E-state index contributed by atoms with van der Waals surface area (Å²) >= 11 is 0. The second kappa shape index (κ2) is 3.98. The molecule has 0 unspecified atom stereocenters. The molecule has 0 amide bonds.